The quantitative estimate of drug-likeness (QED) is 0.814. The molecule has 1 aromatic rings. The molecule has 2 rings (SSSR count). The van der Waals surface area contributed by atoms with Crippen LogP contribution in [0.5, 0.6) is 5.75 Å². The second kappa shape index (κ2) is 5.51. The third kappa shape index (κ3) is 3.44. The Morgan fingerprint density at radius 2 is 2.41 bits per heavy atom. The van der Waals surface area contributed by atoms with Crippen molar-refractivity contribution in [3.63, 3.8) is 0 Å². The summed E-state index contributed by atoms with van der Waals surface area (Å²) in [4.78, 5) is 10.3. The molecule has 0 aliphatic carbocycles. The van der Waals surface area contributed by atoms with Crippen molar-refractivity contribution in [2.45, 2.75) is 18.9 Å². The Morgan fingerprint density at radius 1 is 1.59 bits per heavy atom. The number of halogens is 1. The van der Waals surface area contributed by atoms with Gasteiger partial charge in [-0.05, 0) is 23.8 Å². The van der Waals surface area contributed by atoms with Crippen molar-refractivity contribution in [2.75, 3.05) is 13.1 Å². The van der Waals surface area contributed by atoms with E-state index in [-0.39, 0.29) is 12.5 Å². The highest BCUT2D eigenvalue weighted by Crippen LogP contribution is 2.30. The zero-order valence-corrected chi connectivity index (χ0v) is 10.9. The number of carbonyl (C=O) groups is 1. The van der Waals surface area contributed by atoms with E-state index in [1.807, 2.05) is 12.1 Å². The molecule has 0 bridgehead atoms. The molecule has 0 saturated heterocycles. The van der Waals surface area contributed by atoms with E-state index in [2.05, 4.69) is 27.3 Å². The van der Waals surface area contributed by atoms with Gasteiger partial charge < -0.3 is 15.2 Å². The lowest BCUT2D eigenvalue weighted by molar-refractivity contribution is -0.136. The van der Waals surface area contributed by atoms with Crippen molar-refractivity contribution in [1.82, 2.24) is 5.32 Å². The van der Waals surface area contributed by atoms with Gasteiger partial charge in [-0.15, -0.1) is 0 Å². The van der Waals surface area contributed by atoms with Crippen LogP contribution in [-0.4, -0.2) is 30.3 Å². The van der Waals surface area contributed by atoms with E-state index in [0.717, 1.165) is 16.6 Å². The van der Waals surface area contributed by atoms with Gasteiger partial charge in [0.2, 0.25) is 0 Å². The summed E-state index contributed by atoms with van der Waals surface area (Å²) in [6.07, 6.45) is 1.12. The van der Waals surface area contributed by atoms with E-state index in [1.165, 1.54) is 5.56 Å². The Hall–Kier alpha value is -1.07. The normalized spacial score (nSPS) is 17.6. The third-order valence-electron chi connectivity index (χ3n) is 2.65. The summed E-state index contributed by atoms with van der Waals surface area (Å²) < 4.78 is 6.79. The number of carboxylic acid groups (broad SMARTS) is 1. The van der Waals surface area contributed by atoms with Gasteiger partial charge in [-0.3, -0.25) is 4.79 Å². The first-order valence-corrected chi connectivity index (χ1v) is 6.32. The average Bonchev–Trinajstić information content (AvgIpc) is 2.66. The van der Waals surface area contributed by atoms with Crippen molar-refractivity contribution >= 4 is 21.9 Å². The van der Waals surface area contributed by atoms with Gasteiger partial charge in [-0.25, -0.2) is 0 Å². The van der Waals surface area contributed by atoms with Crippen LogP contribution in [0.1, 0.15) is 12.0 Å². The second-order valence-corrected chi connectivity index (χ2v) is 4.96. The lowest BCUT2D eigenvalue weighted by Crippen LogP contribution is -2.31. The zero-order chi connectivity index (χ0) is 12.3. The van der Waals surface area contributed by atoms with E-state index in [9.17, 15) is 4.79 Å². The van der Waals surface area contributed by atoms with Crippen LogP contribution in [0.15, 0.2) is 22.7 Å². The smallest absolute Gasteiger partial charge is 0.304 e. The lowest BCUT2D eigenvalue weighted by atomic mass is 10.1. The largest absolute Gasteiger partial charge is 0.488 e. The minimum Gasteiger partial charge on any atom is -0.488 e. The van der Waals surface area contributed by atoms with Crippen molar-refractivity contribution in [1.29, 1.82) is 0 Å². The number of hydrogen-bond acceptors (Lipinski definition) is 3. The number of nitrogens with one attached hydrogen (secondary N) is 1. The van der Waals surface area contributed by atoms with Crippen molar-refractivity contribution in [2.24, 2.45) is 0 Å². The van der Waals surface area contributed by atoms with Gasteiger partial charge >= 0.3 is 5.97 Å². The summed E-state index contributed by atoms with van der Waals surface area (Å²) >= 11 is 3.43. The van der Waals surface area contributed by atoms with Crippen LogP contribution in [0, 0.1) is 0 Å². The molecule has 0 saturated carbocycles. The van der Waals surface area contributed by atoms with Gasteiger partial charge in [0, 0.05) is 24.0 Å². The fraction of sp³-hybridized carbons (Fsp3) is 0.417. The maximum absolute atomic E-state index is 10.3. The van der Waals surface area contributed by atoms with Crippen LogP contribution < -0.4 is 10.1 Å². The van der Waals surface area contributed by atoms with Crippen LogP contribution in [0.4, 0.5) is 0 Å². The Bertz CT molecular complexity index is 422. The molecule has 0 spiro atoms. The molecule has 1 heterocycles. The molecule has 1 atom stereocenters. The molecule has 5 heteroatoms. The Morgan fingerprint density at radius 3 is 3.18 bits per heavy atom. The fourth-order valence-corrected chi connectivity index (χ4v) is 2.27. The molecule has 2 N–H and O–H groups in total. The first-order chi connectivity index (χ1) is 8.15. The number of ether oxygens (including phenoxy) is 1. The maximum Gasteiger partial charge on any atom is 0.304 e. The molecular formula is C12H14BrNO3. The van der Waals surface area contributed by atoms with E-state index >= 15 is 0 Å². The number of carboxylic acids is 1. The molecule has 0 amide bonds. The van der Waals surface area contributed by atoms with E-state index in [0.29, 0.717) is 13.1 Å². The Balaban J connectivity index is 1.78. The summed E-state index contributed by atoms with van der Waals surface area (Å²) in [6, 6.07) is 5.97. The monoisotopic (exact) mass is 299 g/mol. The third-order valence-corrected chi connectivity index (χ3v) is 3.14. The van der Waals surface area contributed by atoms with E-state index in [1.54, 1.807) is 0 Å². The number of hydrogen-bond donors (Lipinski definition) is 2. The fourth-order valence-electron chi connectivity index (χ4n) is 1.86. The summed E-state index contributed by atoms with van der Waals surface area (Å²) in [5.74, 6) is 0.148. The number of aliphatic carboxylic acids is 1. The number of benzene rings is 1. The van der Waals surface area contributed by atoms with Crippen LogP contribution in [0.2, 0.25) is 0 Å². The number of fused-ring (bicyclic) bond motifs is 1. The first kappa shape index (κ1) is 12.4. The molecule has 0 fully saturated rings. The topological polar surface area (TPSA) is 58.6 Å². The molecule has 4 nitrogen and oxygen atoms in total. The molecule has 0 radical (unpaired) electrons. The molecule has 1 aliphatic rings. The average molecular weight is 300 g/mol. The standard InChI is InChI=1S/C12H14BrNO3/c13-9-1-2-11-8(5-9)6-10(17-11)7-14-4-3-12(15)16/h1-2,5,10,14H,3-4,6-7H2,(H,15,16). The Labute approximate surface area is 108 Å². The van der Waals surface area contributed by atoms with Crippen LogP contribution in [0.25, 0.3) is 0 Å². The van der Waals surface area contributed by atoms with E-state index < -0.39 is 5.97 Å². The molecule has 92 valence electrons. The molecule has 1 aliphatic heterocycles. The highest BCUT2D eigenvalue weighted by Gasteiger charge is 2.22. The summed E-state index contributed by atoms with van der Waals surface area (Å²) in [5.41, 5.74) is 1.20. The summed E-state index contributed by atoms with van der Waals surface area (Å²) in [6.45, 7) is 1.16. The van der Waals surface area contributed by atoms with E-state index in [4.69, 9.17) is 9.84 Å². The minimum absolute atomic E-state index is 0.105. The second-order valence-electron chi connectivity index (χ2n) is 4.04. The van der Waals surface area contributed by atoms with Gasteiger partial charge in [0.25, 0.3) is 0 Å². The van der Waals surface area contributed by atoms with Crippen molar-refractivity contribution < 1.29 is 14.6 Å². The van der Waals surface area contributed by atoms with Crippen molar-refractivity contribution in [3.05, 3.63) is 28.2 Å². The Kier molecular flexibility index (Phi) is 4.02. The molecule has 0 aromatic heterocycles. The molecular weight excluding hydrogens is 286 g/mol. The summed E-state index contributed by atoms with van der Waals surface area (Å²) in [7, 11) is 0. The molecule has 1 aromatic carbocycles. The predicted molar refractivity (Wildman–Crippen MR) is 67.4 cm³/mol. The van der Waals surface area contributed by atoms with Crippen LogP contribution in [0.3, 0.4) is 0 Å². The van der Waals surface area contributed by atoms with Crippen LogP contribution >= 0.6 is 15.9 Å². The zero-order valence-electron chi connectivity index (χ0n) is 9.28. The predicted octanol–water partition coefficient (Wildman–Crippen LogP) is 1.82. The SMILES string of the molecule is O=C(O)CCNCC1Cc2cc(Br)ccc2O1. The molecule has 17 heavy (non-hydrogen) atoms. The van der Waals surface area contributed by atoms with Gasteiger partial charge in [-0.2, -0.15) is 0 Å². The number of rotatable bonds is 5. The molecule has 1 unspecified atom stereocenters. The maximum atomic E-state index is 10.3. The minimum atomic E-state index is -0.781. The summed E-state index contributed by atoms with van der Waals surface area (Å²) in [5, 5.41) is 11.6. The van der Waals surface area contributed by atoms with Gasteiger partial charge in [0.15, 0.2) is 0 Å². The highest BCUT2D eigenvalue weighted by molar-refractivity contribution is 9.10. The van der Waals surface area contributed by atoms with Gasteiger partial charge in [-0.1, -0.05) is 15.9 Å². The first-order valence-electron chi connectivity index (χ1n) is 5.53. The van der Waals surface area contributed by atoms with Gasteiger partial charge in [0.1, 0.15) is 11.9 Å². The van der Waals surface area contributed by atoms with Crippen LogP contribution in [-0.2, 0) is 11.2 Å². The van der Waals surface area contributed by atoms with Gasteiger partial charge in [0.05, 0.1) is 6.42 Å². The lowest BCUT2D eigenvalue weighted by Gasteiger charge is -2.10. The highest BCUT2D eigenvalue weighted by atomic mass is 79.9. The van der Waals surface area contributed by atoms with Crippen molar-refractivity contribution in [3.8, 4) is 5.75 Å².